The van der Waals surface area contributed by atoms with Crippen molar-refractivity contribution in [2.75, 3.05) is 0 Å². The standard InChI is InChI=1S/C16H27N3S/c1-12-9-13(10-17-16(2,3)4)19-15(18-12)11-20-14-7-5-6-8-14/h9,14,17H,5-8,10-11H2,1-4H3. The Labute approximate surface area is 127 Å². The SMILES string of the molecule is Cc1cc(CNC(C)(C)C)nc(CSC2CCCC2)n1. The van der Waals surface area contributed by atoms with Crippen molar-refractivity contribution in [3.63, 3.8) is 0 Å². The predicted octanol–water partition coefficient (Wildman–Crippen LogP) is 3.85. The molecule has 3 nitrogen and oxygen atoms in total. The summed E-state index contributed by atoms with van der Waals surface area (Å²) < 4.78 is 0. The van der Waals surface area contributed by atoms with Crippen molar-refractivity contribution in [1.29, 1.82) is 0 Å². The molecule has 1 heterocycles. The van der Waals surface area contributed by atoms with Crippen LogP contribution in [0.2, 0.25) is 0 Å². The molecule has 0 aromatic carbocycles. The van der Waals surface area contributed by atoms with Crippen molar-refractivity contribution in [3.8, 4) is 0 Å². The molecule has 112 valence electrons. The van der Waals surface area contributed by atoms with E-state index in [1.807, 2.05) is 11.8 Å². The summed E-state index contributed by atoms with van der Waals surface area (Å²) in [6.45, 7) is 9.41. The molecule has 0 unspecified atom stereocenters. The Kier molecular flexibility index (Phi) is 5.44. The first-order chi connectivity index (χ1) is 9.42. The summed E-state index contributed by atoms with van der Waals surface area (Å²) in [7, 11) is 0. The lowest BCUT2D eigenvalue weighted by molar-refractivity contribution is 0.420. The lowest BCUT2D eigenvalue weighted by Gasteiger charge is -2.20. The van der Waals surface area contributed by atoms with Crippen molar-refractivity contribution in [2.24, 2.45) is 0 Å². The summed E-state index contributed by atoms with van der Waals surface area (Å²) in [6, 6.07) is 2.09. The Morgan fingerprint density at radius 1 is 1.25 bits per heavy atom. The number of rotatable bonds is 5. The zero-order chi connectivity index (χ0) is 14.6. The second-order valence-electron chi connectivity index (χ2n) is 6.74. The van der Waals surface area contributed by atoms with Crippen molar-refractivity contribution in [2.45, 2.75) is 76.5 Å². The average molecular weight is 293 g/mol. The minimum absolute atomic E-state index is 0.123. The summed E-state index contributed by atoms with van der Waals surface area (Å²) in [6.07, 6.45) is 5.53. The molecule has 20 heavy (non-hydrogen) atoms. The second-order valence-corrected chi connectivity index (χ2v) is 8.03. The molecule has 4 heteroatoms. The van der Waals surface area contributed by atoms with Gasteiger partial charge in [-0.05, 0) is 46.6 Å². The van der Waals surface area contributed by atoms with Gasteiger partial charge in [-0.25, -0.2) is 9.97 Å². The molecule has 0 saturated heterocycles. The fourth-order valence-corrected chi connectivity index (χ4v) is 3.64. The predicted molar refractivity (Wildman–Crippen MR) is 86.9 cm³/mol. The Morgan fingerprint density at radius 3 is 2.60 bits per heavy atom. The Morgan fingerprint density at radius 2 is 1.95 bits per heavy atom. The lowest BCUT2D eigenvalue weighted by Crippen LogP contribution is -2.35. The highest BCUT2D eigenvalue weighted by molar-refractivity contribution is 7.99. The number of hydrogen-bond acceptors (Lipinski definition) is 4. The molecule has 1 aliphatic carbocycles. The number of aryl methyl sites for hydroxylation is 1. The van der Waals surface area contributed by atoms with E-state index in [-0.39, 0.29) is 5.54 Å². The fraction of sp³-hybridized carbons (Fsp3) is 0.750. The second kappa shape index (κ2) is 6.90. The van der Waals surface area contributed by atoms with Crippen LogP contribution in [-0.4, -0.2) is 20.8 Å². The maximum atomic E-state index is 4.70. The molecule has 1 aliphatic rings. The van der Waals surface area contributed by atoms with Crippen LogP contribution < -0.4 is 5.32 Å². The van der Waals surface area contributed by atoms with Crippen LogP contribution >= 0.6 is 11.8 Å². The van der Waals surface area contributed by atoms with Crippen LogP contribution in [0, 0.1) is 6.92 Å². The van der Waals surface area contributed by atoms with Gasteiger partial charge in [0.25, 0.3) is 0 Å². The van der Waals surface area contributed by atoms with Gasteiger partial charge in [0.1, 0.15) is 5.82 Å². The average Bonchev–Trinajstić information content (AvgIpc) is 2.86. The van der Waals surface area contributed by atoms with Gasteiger partial charge in [-0.15, -0.1) is 0 Å². The number of nitrogens with one attached hydrogen (secondary N) is 1. The number of thioether (sulfide) groups is 1. The molecule has 0 atom stereocenters. The van der Waals surface area contributed by atoms with Crippen LogP contribution in [0.25, 0.3) is 0 Å². The zero-order valence-electron chi connectivity index (χ0n) is 13.2. The maximum absolute atomic E-state index is 4.70. The summed E-state index contributed by atoms with van der Waals surface area (Å²) in [5.41, 5.74) is 2.31. The van der Waals surface area contributed by atoms with E-state index in [1.165, 1.54) is 25.7 Å². The first-order valence-electron chi connectivity index (χ1n) is 7.62. The van der Waals surface area contributed by atoms with E-state index < -0.39 is 0 Å². The Bertz CT molecular complexity index is 434. The molecular weight excluding hydrogens is 266 g/mol. The smallest absolute Gasteiger partial charge is 0.138 e. The highest BCUT2D eigenvalue weighted by Gasteiger charge is 2.16. The monoisotopic (exact) mass is 293 g/mol. The number of hydrogen-bond donors (Lipinski definition) is 1. The van der Waals surface area contributed by atoms with Crippen molar-refractivity contribution >= 4 is 11.8 Å². The van der Waals surface area contributed by atoms with Crippen molar-refractivity contribution in [1.82, 2.24) is 15.3 Å². The van der Waals surface area contributed by atoms with Gasteiger partial charge in [0.05, 0.1) is 11.4 Å². The van der Waals surface area contributed by atoms with Gasteiger partial charge >= 0.3 is 0 Å². The summed E-state index contributed by atoms with van der Waals surface area (Å²) in [5.74, 6) is 1.95. The quantitative estimate of drug-likeness (QED) is 0.895. The van der Waals surface area contributed by atoms with Crippen LogP contribution in [0.4, 0.5) is 0 Å². The van der Waals surface area contributed by atoms with E-state index in [1.54, 1.807) is 0 Å². The largest absolute Gasteiger partial charge is 0.306 e. The molecule has 1 N–H and O–H groups in total. The molecule has 1 aromatic heterocycles. The van der Waals surface area contributed by atoms with Crippen molar-refractivity contribution in [3.05, 3.63) is 23.3 Å². The molecule has 0 aliphatic heterocycles. The molecule has 2 rings (SSSR count). The maximum Gasteiger partial charge on any atom is 0.138 e. The minimum Gasteiger partial charge on any atom is -0.306 e. The van der Waals surface area contributed by atoms with Gasteiger partial charge in [0.15, 0.2) is 0 Å². The Balaban J connectivity index is 1.93. The van der Waals surface area contributed by atoms with E-state index in [0.717, 1.165) is 34.8 Å². The third-order valence-electron chi connectivity index (χ3n) is 3.50. The van der Waals surface area contributed by atoms with E-state index in [9.17, 15) is 0 Å². The van der Waals surface area contributed by atoms with Crippen LogP contribution in [0.3, 0.4) is 0 Å². The van der Waals surface area contributed by atoms with Gasteiger partial charge < -0.3 is 5.32 Å². The van der Waals surface area contributed by atoms with E-state index >= 15 is 0 Å². The molecular formula is C16H27N3S. The Hall–Kier alpha value is -0.610. The molecule has 0 radical (unpaired) electrons. The van der Waals surface area contributed by atoms with Crippen LogP contribution in [0.5, 0.6) is 0 Å². The van der Waals surface area contributed by atoms with E-state index in [4.69, 9.17) is 4.98 Å². The first-order valence-corrected chi connectivity index (χ1v) is 8.67. The fourth-order valence-electron chi connectivity index (χ4n) is 2.46. The van der Waals surface area contributed by atoms with Crippen molar-refractivity contribution < 1.29 is 0 Å². The molecule has 1 aromatic rings. The lowest BCUT2D eigenvalue weighted by atomic mass is 10.1. The molecule has 0 spiro atoms. The number of nitrogens with zero attached hydrogens (tertiary/aromatic N) is 2. The van der Waals surface area contributed by atoms with E-state index in [2.05, 4.69) is 44.1 Å². The highest BCUT2D eigenvalue weighted by atomic mass is 32.2. The van der Waals surface area contributed by atoms with Crippen LogP contribution in [0.1, 0.15) is 63.7 Å². The summed E-state index contributed by atoms with van der Waals surface area (Å²) >= 11 is 2.03. The van der Waals surface area contributed by atoms with Crippen LogP contribution in [0.15, 0.2) is 6.07 Å². The molecule has 0 bridgehead atoms. The topological polar surface area (TPSA) is 37.8 Å². The van der Waals surface area contributed by atoms with Crippen LogP contribution in [-0.2, 0) is 12.3 Å². The van der Waals surface area contributed by atoms with Gasteiger partial charge in [-0.3, -0.25) is 0 Å². The third-order valence-corrected chi connectivity index (χ3v) is 4.87. The van der Waals surface area contributed by atoms with Gasteiger partial charge in [-0.1, -0.05) is 12.8 Å². The molecule has 0 amide bonds. The number of aromatic nitrogens is 2. The summed E-state index contributed by atoms with van der Waals surface area (Å²) in [4.78, 5) is 9.28. The third kappa shape index (κ3) is 5.41. The van der Waals surface area contributed by atoms with Gasteiger partial charge in [0, 0.05) is 23.0 Å². The first kappa shape index (κ1) is 15.8. The zero-order valence-corrected chi connectivity index (χ0v) is 14.0. The van der Waals surface area contributed by atoms with Gasteiger partial charge in [-0.2, -0.15) is 11.8 Å². The minimum atomic E-state index is 0.123. The van der Waals surface area contributed by atoms with E-state index in [0.29, 0.717) is 0 Å². The normalized spacial score (nSPS) is 16.8. The molecule has 1 fully saturated rings. The molecule has 1 saturated carbocycles. The highest BCUT2D eigenvalue weighted by Crippen LogP contribution is 2.30. The van der Waals surface area contributed by atoms with Gasteiger partial charge in [0.2, 0.25) is 0 Å². The summed E-state index contributed by atoms with van der Waals surface area (Å²) in [5, 5.41) is 4.32.